The molecule has 0 saturated heterocycles. The number of furan rings is 2. The van der Waals surface area contributed by atoms with Gasteiger partial charge in [0, 0.05) is 21.9 Å². The van der Waals surface area contributed by atoms with Crippen molar-refractivity contribution in [2.45, 2.75) is 13.8 Å². The van der Waals surface area contributed by atoms with Gasteiger partial charge in [0.2, 0.25) is 0 Å². The minimum absolute atomic E-state index is 0.893. The van der Waals surface area contributed by atoms with Crippen molar-refractivity contribution >= 4 is 54.3 Å². The van der Waals surface area contributed by atoms with Gasteiger partial charge in [-0.1, -0.05) is 72.8 Å². The monoisotopic (exact) mass is 488 g/mol. The highest BCUT2D eigenvalue weighted by Crippen LogP contribution is 2.43. The van der Waals surface area contributed by atoms with E-state index in [2.05, 4.69) is 123 Å². The van der Waals surface area contributed by atoms with Gasteiger partial charge in [-0.05, 0) is 93.7 Å². The smallest absolute Gasteiger partial charge is 0.136 e. The van der Waals surface area contributed by atoms with Gasteiger partial charge in [-0.3, -0.25) is 0 Å². The SMILES string of the molecule is Cc1ccc2cc(-c3cc4c5ccccc5c(-c5cc6ccc(C)cc6o5)cc4c4ccccc34)oc2c1. The zero-order valence-corrected chi connectivity index (χ0v) is 21.2. The Kier molecular flexibility index (Phi) is 4.39. The van der Waals surface area contributed by atoms with Gasteiger partial charge in [0.05, 0.1) is 0 Å². The van der Waals surface area contributed by atoms with E-state index in [4.69, 9.17) is 8.83 Å². The highest BCUT2D eigenvalue weighted by molar-refractivity contribution is 6.23. The summed E-state index contributed by atoms with van der Waals surface area (Å²) in [4.78, 5) is 0. The molecule has 0 bridgehead atoms. The van der Waals surface area contributed by atoms with Crippen LogP contribution in [0.4, 0.5) is 0 Å². The van der Waals surface area contributed by atoms with E-state index >= 15 is 0 Å². The van der Waals surface area contributed by atoms with Crippen LogP contribution in [-0.4, -0.2) is 0 Å². The Bertz CT molecular complexity index is 2050. The molecule has 0 aliphatic carbocycles. The number of rotatable bonds is 2. The van der Waals surface area contributed by atoms with E-state index in [1.54, 1.807) is 0 Å². The van der Waals surface area contributed by atoms with E-state index in [1.165, 1.54) is 43.4 Å². The van der Waals surface area contributed by atoms with E-state index in [9.17, 15) is 0 Å². The fraction of sp³-hybridized carbons (Fsp3) is 0.0556. The standard InChI is InChI=1S/C36H24O2/c1-21-11-13-23-17-35(37-33(23)15-21)31-19-29-26-8-4-6-10-28(26)32(20-30(29)25-7-3-5-9-27(25)31)36-18-24-14-12-22(2)16-34(24)38-36/h3-20H,1-2H3. The maximum Gasteiger partial charge on any atom is 0.136 e. The summed E-state index contributed by atoms with van der Waals surface area (Å²) in [6.07, 6.45) is 0. The Morgan fingerprint density at radius 1 is 0.395 bits per heavy atom. The first-order valence-electron chi connectivity index (χ1n) is 13.0. The first-order valence-corrected chi connectivity index (χ1v) is 13.0. The molecule has 0 aliphatic heterocycles. The Balaban J connectivity index is 1.47. The molecular formula is C36H24O2. The molecule has 2 aromatic heterocycles. The largest absolute Gasteiger partial charge is 0.456 e. The Morgan fingerprint density at radius 3 is 1.26 bits per heavy atom. The third kappa shape index (κ3) is 3.13. The number of benzene rings is 6. The molecule has 0 fully saturated rings. The van der Waals surface area contributed by atoms with Crippen LogP contribution in [-0.2, 0) is 0 Å². The average molecular weight is 489 g/mol. The molecule has 0 amide bonds. The quantitative estimate of drug-likeness (QED) is 0.226. The van der Waals surface area contributed by atoms with Crippen LogP contribution in [0, 0.1) is 13.8 Å². The number of aryl methyl sites for hydroxylation is 2. The van der Waals surface area contributed by atoms with Crippen molar-refractivity contribution < 1.29 is 8.83 Å². The van der Waals surface area contributed by atoms with E-state index in [1.807, 2.05) is 0 Å². The van der Waals surface area contributed by atoms with Crippen molar-refractivity contribution in [2.24, 2.45) is 0 Å². The van der Waals surface area contributed by atoms with Crippen LogP contribution < -0.4 is 0 Å². The molecule has 0 spiro atoms. The van der Waals surface area contributed by atoms with Crippen molar-refractivity contribution in [2.75, 3.05) is 0 Å². The minimum Gasteiger partial charge on any atom is -0.456 e. The third-order valence-electron chi connectivity index (χ3n) is 7.76. The van der Waals surface area contributed by atoms with E-state index in [0.717, 1.165) is 44.6 Å². The summed E-state index contributed by atoms with van der Waals surface area (Å²) in [7, 11) is 0. The average Bonchev–Trinajstić information content (AvgIpc) is 3.55. The molecule has 0 unspecified atom stereocenters. The van der Waals surface area contributed by atoms with Gasteiger partial charge < -0.3 is 8.83 Å². The van der Waals surface area contributed by atoms with Crippen molar-refractivity contribution in [3.05, 3.63) is 120 Å². The van der Waals surface area contributed by atoms with E-state index in [0.29, 0.717) is 0 Å². The first-order chi connectivity index (χ1) is 18.6. The summed E-state index contributed by atoms with van der Waals surface area (Å²) in [6, 6.07) is 39.0. The topological polar surface area (TPSA) is 26.3 Å². The third-order valence-corrected chi connectivity index (χ3v) is 7.76. The maximum absolute atomic E-state index is 6.43. The summed E-state index contributed by atoms with van der Waals surface area (Å²) >= 11 is 0. The summed E-state index contributed by atoms with van der Waals surface area (Å²) < 4.78 is 12.9. The second-order valence-electron chi connectivity index (χ2n) is 10.3. The lowest BCUT2D eigenvalue weighted by Crippen LogP contribution is -1.87. The fourth-order valence-electron chi connectivity index (χ4n) is 5.90. The minimum atomic E-state index is 0.893. The second-order valence-corrected chi connectivity index (χ2v) is 10.3. The van der Waals surface area contributed by atoms with Crippen molar-refractivity contribution in [3.63, 3.8) is 0 Å². The van der Waals surface area contributed by atoms with Gasteiger partial charge in [-0.15, -0.1) is 0 Å². The summed E-state index contributed by atoms with van der Waals surface area (Å²) in [5.74, 6) is 1.79. The lowest BCUT2D eigenvalue weighted by Gasteiger charge is -2.14. The predicted molar refractivity (Wildman–Crippen MR) is 159 cm³/mol. The lowest BCUT2D eigenvalue weighted by atomic mass is 9.90. The molecule has 0 radical (unpaired) electrons. The zero-order chi connectivity index (χ0) is 25.4. The molecule has 0 saturated carbocycles. The normalized spacial score (nSPS) is 11.9. The van der Waals surface area contributed by atoms with Crippen LogP contribution in [0.15, 0.2) is 118 Å². The van der Waals surface area contributed by atoms with E-state index in [-0.39, 0.29) is 0 Å². The Hall–Kier alpha value is -4.82. The lowest BCUT2D eigenvalue weighted by molar-refractivity contribution is 0.631. The fourth-order valence-corrected chi connectivity index (χ4v) is 5.90. The molecule has 0 N–H and O–H groups in total. The van der Waals surface area contributed by atoms with Gasteiger partial charge in [-0.2, -0.15) is 0 Å². The Morgan fingerprint density at radius 2 is 0.816 bits per heavy atom. The zero-order valence-electron chi connectivity index (χ0n) is 21.2. The van der Waals surface area contributed by atoms with Crippen LogP contribution in [0.3, 0.4) is 0 Å². The second kappa shape index (κ2) is 7.84. The molecule has 8 rings (SSSR count). The van der Waals surface area contributed by atoms with Gasteiger partial charge in [0.1, 0.15) is 22.7 Å². The summed E-state index contributed by atoms with van der Waals surface area (Å²) in [6.45, 7) is 4.19. The van der Waals surface area contributed by atoms with Gasteiger partial charge in [-0.25, -0.2) is 0 Å². The van der Waals surface area contributed by atoms with Crippen molar-refractivity contribution in [3.8, 4) is 22.6 Å². The van der Waals surface area contributed by atoms with Crippen LogP contribution in [0.2, 0.25) is 0 Å². The molecular weight excluding hydrogens is 464 g/mol. The maximum atomic E-state index is 6.43. The molecule has 0 aliphatic rings. The van der Waals surface area contributed by atoms with Crippen LogP contribution in [0.25, 0.3) is 76.9 Å². The van der Waals surface area contributed by atoms with Crippen LogP contribution in [0.5, 0.6) is 0 Å². The summed E-state index contributed by atoms with van der Waals surface area (Å²) in [5, 5.41) is 9.43. The van der Waals surface area contributed by atoms with Crippen LogP contribution >= 0.6 is 0 Å². The molecule has 2 nitrogen and oxygen atoms in total. The number of fused-ring (bicyclic) bond motifs is 7. The molecule has 38 heavy (non-hydrogen) atoms. The van der Waals surface area contributed by atoms with Crippen molar-refractivity contribution in [1.29, 1.82) is 0 Å². The van der Waals surface area contributed by atoms with Gasteiger partial charge in [0.15, 0.2) is 0 Å². The first kappa shape index (κ1) is 21.3. The number of hydrogen-bond donors (Lipinski definition) is 0. The highest BCUT2D eigenvalue weighted by Gasteiger charge is 2.18. The molecule has 0 atom stereocenters. The summed E-state index contributed by atoms with van der Waals surface area (Å²) in [5.41, 5.74) is 6.45. The molecule has 8 aromatic rings. The van der Waals surface area contributed by atoms with E-state index < -0.39 is 0 Å². The van der Waals surface area contributed by atoms with Crippen molar-refractivity contribution in [1.82, 2.24) is 0 Å². The molecule has 6 aromatic carbocycles. The van der Waals surface area contributed by atoms with Gasteiger partial charge in [0.25, 0.3) is 0 Å². The van der Waals surface area contributed by atoms with Gasteiger partial charge >= 0.3 is 0 Å². The molecule has 180 valence electrons. The van der Waals surface area contributed by atoms with Crippen LogP contribution in [0.1, 0.15) is 11.1 Å². The molecule has 2 heterocycles. The highest BCUT2D eigenvalue weighted by atomic mass is 16.3. The molecule has 2 heteroatoms. The number of hydrogen-bond acceptors (Lipinski definition) is 2. The Labute approximate surface area is 219 Å². The predicted octanol–water partition coefficient (Wildman–Crippen LogP) is 10.6.